The van der Waals surface area contributed by atoms with Crippen molar-refractivity contribution in [3.8, 4) is 0 Å². The van der Waals surface area contributed by atoms with Crippen molar-refractivity contribution in [3.05, 3.63) is 0 Å². The Hall–Kier alpha value is -0.610. The van der Waals surface area contributed by atoms with Crippen molar-refractivity contribution in [3.63, 3.8) is 0 Å². The Morgan fingerprint density at radius 2 is 1.88 bits per heavy atom. The van der Waals surface area contributed by atoms with Gasteiger partial charge in [0.25, 0.3) is 0 Å². The quantitative estimate of drug-likeness (QED) is 0.716. The Kier molecular flexibility index (Phi) is 7.21. The standard InChI is InChI=1S/C13H26N2O2/c1-17-11-10-15(9-8-14)13(16)12-6-4-2-3-5-7-12/h12H,2-11,14H2,1H3. The molecule has 4 nitrogen and oxygen atoms in total. The molecule has 1 amide bonds. The number of carbonyl (C=O) groups excluding carboxylic acids is 1. The predicted octanol–water partition coefficient (Wildman–Crippen LogP) is 1.39. The van der Waals surface area contributed by atoms with E-state index >= 15 is 0 Å². The summed E-state index contributed by atoms with van der Waals surface area (Å²) in [6.07, 6.45) is 7.03. The molecule has 17 heavy (non-hydrogen) atoms. The number of rotatable bonds is 6. The summed E-state index contributed by atoms with van der Waals surface area (Å²) in [5, 5.41) is 0. The molecule has 0 atom stereocenters. The van der Waals surface area contributed by atoms with E-state index in [0.717, 1.165) is 12.8 Å². The molecule has 1 fully saturated rings. The van der Waals surface area contributed by atoms with Crippen LogP contribution in [0.15, 0.2) is 0 Å². The van der Waals surface area contributed by atoms with Crippen LogP contribution in [0.3, 0.4) is 0 Å². The van der Waals surface area contributed by atoms with E-state index in [0.29, 0.717) is 26.2 Å². The van der Waals surface area contributed by atoms with Crippen LogP contribution in [0.5, 0.6) is 0 Å². The van der Waals surface area contributed by atoms with Crippen LogP contribution in [0.25, 0.3) is 0 Å². The highest BCUT2D eigenvalue weighted by molar-refractivity contribution is 5.78. The molecule has 0 radical (unpaired) electrons. The minimum atomic E-state index is 0.223. The average Bonchev–Trinajstić information content (AvgIpc) is 2.62. The first-order valence-electron chi connectivity index (χ1n) is 6.77. The lowest BCUT2D eigenvalue weighted by atomic mass is 9.98. The molecule has 0 saturated heterocycles. The molecule has 1 aliphatic carbocycles. The highest BCUT2D eigenvalue weighted by atomic mass is 16.5. The molecule has 100 valence electrons. The zero-order valence-electron chi connectivity index (χ0n) is 11.0. The first kappa shape index (κ1) is 14.5. The van der Waals surface area contributed by atoms with Gasteiger partial charge in [0.2, 0.25) is 5.91 Å². The Balaban J connectivity index is 2.48. The van der Waals surface area contributed by atoms with Crippen LogP contribution in [0, 0.1) is 5.92 Å². The maximum atomic E-state index is 12.4. The van der Waals surface area contributed by atoms with Crippen molar-refractivity contribution in [1.82, 2.24) is 4.90 Å². The second-order valence-electron chi connectivity index (χ2n) is 4.80. The van der Waals surface area contributed by atoms with Crippen LogP contribution < -0.4 is 5.73 Å². The number of hydrogen-bond acceptors (Lipinski definition) is 3. The third-order valence-electron chi connectivity index (χ3n) is 3.48. The number of nitrogens with zero attached hydrogens (tertiary/aromatic N) is 1. The fourth-order valence-electron chi connectivity index (χ4n) is 2.47. The molecule has 0 bridgehead atoms. The van der Waals surface area contributed by atoms with Crippen LogP contribution in [-0.2, 0) is 9.53 Å². The summed E-state index contributed by atoms with van der Waals surface area (Å²) in [5.74, 6) is 0.510. The summed E-state index contributed by atoms with van der Waals surface area (Å²) >= 11 is 0. The lowest BCUT2D eigenvalue weighted by Gasteiger charge is -2.26. The highest BCUT2D eigenvalue weighted by Crippen LogP contribution is 2.24. The topological polar surface area (TPSA) is 55.6 Å². The predicted molar refractivity (Wildman–Crippen MR) is 68.7 cm³/mol. The second-order valence-corrected chi connectivity index (χ2v) is 4.80. The molecule has 1 aliphatic rings. The Morgan fingerprint density at radius 1 is 1.24 bits per heavy atom. The Labute approximate surface area is 104 Å². The van der Waals surface area contributed by atoms with Crippen LogP contribution in [0.2, 0.25) is 0 Å². The Morgan fingerprint density at radius 3 is 2.41 bits per heavy atom. The monoisotopic (exact) mass is 242 g/mol. The van der Waals surface area contributed by atoms with E-state index in [1.54, 1.807) is 7.11 Å². The third kappa shape index (κ3) is 5.04. The number of amides is 1. The maximum Gasteiger partial charge on any atom is 0.225 e. The average molecular weight is 242 g/mol. The molecular formula is C13H26N2O2. The van der Waals surface area contributed by atoms with E-state index in [9.17, 15) is 4.79 Å². The first-order valence-corrected chi connectivity index (χ1v) is 6.77. The molecule has 0 aromatic heterocycles. The summed E-state index contributed by atoms with van der Waals surface area (Å²) in [6.45, 7) is 2.45. The van der Waals surface area contributed by atoms with Crippen molar-refractivity contribution in [2.75, 3.05) is 33.4 Å². The number of nitrogens with two attached hydrogens (primary N) is 1. The molecule has 0 aromatic rings. The third-order valence-corrected chi connectivity index (χ3v) is 3.48. The zero-order chi connectivity index (χ0) is 12.5. The van der Waals surface area contributed by atoms with E-state index in [1.165, 1.54) is 25.7 Å². The van der Waals surface area contributed by atoms with Crippen molar-refractivity contribution < 1.29 is 9.53 Å². The van der Waals surface area contributed by atoms with Crippen molar-refractivity contribution in [1.29, 1.82) is 0 Å². The van der Waals surface area contributed by atoms with Crippen LogP contribution in [-0.4, -0.2) is 44.2 Å². The first-order chi connectivity index (χ1) is 8.29. The van der Waals surface area contributed by atoms with Gasteiger partial charge in [-0.25, -0.2) is 0 Å². The van der Waals surface area contributed by atoms with Gasteiger partial charge in [0.05, 0.1) is 6.61 Å². The van der Waals surface area contributed by atoms with Crippen molar-refractivity contribution >= 4 is 5.91 Å². The second kappa shape index (κ2) is 8.48. The molecule has 0 unspecified atom stereocenters. The van der Waals surface area contributed by atoms with Gasteiger partial charge >= 0.3 is 0 Å². The van der Waals surface area contributed by atoms with Gasteiger partial charge in [0, 0.05) is 32.7 Å². The molecule has 4 heteroatoms. The van der Waals surface area contributed by atoms with Crippen LogP contribution in [0.1, 0.15) is 38.5 Å². The normalized spacial score (nSPS) is 17.8. The van der Waals surface area contributed by atoms with E-state index in [4.69, 9.17) is 10.5 Å². The van der Waals surface area contributed by atoms with E-state index in [-0.39, 0.29) is 11.8 Å². The van der Waals surface area contributed by atoms with Gasteiger partial charge in [-0.3, -0.25) is 4.79 Å². The van der Waals surface area contributed by atoms with Crippen molar-refractivity contribution in [2.45, 2.75) is 38.5 Å². The van der Waals surface area contributed by atoms with Gasteiger partial charge in [-0.2, -0.15) is 0 Å². The molecule has 0 aliphatic heterocycles. The Bertz CT molecular complexity index is 213. The van der Waals surface area contributed by atoms with Crippen LogP contribution in [0.4, 0.5) is 0 Å². The number of ether oxygens (including phenoxy) is 1. The van der Waals surface area contributed by atoms with E-state index < -0.39 is 0 Å². The van der Waals surface area contributed by atoms with Gasteiger partial charge in [0.1, 0.15) is 0 Å². The summed E-state index contributed by atoms with van der Waals surface area (Å²) in [4.78, 5) is 14.2. The van der Waals surface area contributed by atoms with Gasteiger partial charge in [-0.1, -0.05) is 25.7 Å². The van der Waals surface area contributed by atoms with Crippen molar-refractivity contribution in [2.24, 2.45) is 11.7 Å². The minimum Gasteiger partial charge on any atom is -0.383 e. The molecule has 2 N–H and O–H groups in total. The summed E-state index contributed by atoms with van der Waals surface area (Å²) in [7, 11) is 1.66. The highest BCUT2D eigenvalue weighted by Gasteiger charge is 2.24. The SMILES string of the molecule is COCCN(CCN)C(=O)C1CCCCCC1. The lowest BCUT2D eigenvalue weighted by Crippen LogP contribution is -2.41. The smallest absolute Gasteiger partial charge is 0.225 e. The molecular weight excluding hydrogens is 216 g/mol. The zero-order valence-corrected chi connectivity index (χ0v) is 11.0. The molecule has 1 saturated carbocycles. The fourth-order valence-corrected chi connectivity index (χ4v) is 2.47. The van der Waals surface area contributed by atoms with Gasteiger partial charge in [-0.05, 0) is 12.8 Å². The van der Waals surface area contributed by atoms with Gasteiger partial charge < -0.3 is 15.4 Å². The molecule has 1 rings (SSSR count). The van der Waals surface area contributed by atoms with Gasteiger partial charge in [0.15, 0.2) is 0 Å². The summed E-state index contributed by atoms with van der Waals surface area (Å²) in [5.41, 5.74) is 5.56. The number of methoxy groups -OCH3 is 1. The number of carbonyl (C=O) groups is 1. The minimum absolute atomic E-state index is 0.223. The lowest BCUT2D eigenvalue weighted by molar-refractivity contribution is -0.136. The number of hydrogen-bond donors (Lipinski definition) is 1. The van der Waals surface area contributed by atoms with E-state index in [1.807, 2.05) is 4.90 Å². The largest absolute Gasteiger partial charge is 0.383 e. The molecule has 0 heterocycles. The fraction of sp³-hybridized carbons (Fsp3) is 0.923. The van der Waals surface area contributed by atoms with Gasteiger partial charge in [-0.15, -0.1) is 0 Å². The van der Waals surface area contributed by atoms with Crippen LogP contribution >= 0.6 is 0 Å². The van der Waals surface area contributed by atoms with E-state index in [2.05, 4.69) is 0 Å². The summed E-state index contributed by atoms with van der Waals surface area (Å²) < 4.78 is 5.05. The molecule has 0 spiro atoms. The maximum absolute atomic E-state index is 12.4. The molecule has 0 aromatic carbocycles. The summed E-state index contributed by atoms with van der Waals surface area (Å²) in [6, 6.07) is 0.